The number of aromatic nitrogens is 1. The Hall–Kier alpha value is -1.71. The Morgan fingerprint density at radius 2 is 1.96 bits per heavy atom. The number of carbonyl (C=O) groups excluding carboxylic acids is 2. The van der Waals surface area contributed by atoms with Crippen LogP contribution >= 0.6 is 11.6 Å². The van der Waals surface area contributed by atoms with E-state index in [4.69, 9.17) is 11.6 Å². The molecule has 0 aliphatic carbocycles. The zero-order chi connectivity index (χ0) is 17.5. The molecule has 0 aromatic carbocycles. The van der Waals surface area contributed by atoms with E-state index >= 15 is 0 Å². The van der Waals surface area contributed by atoms with E-state index in [0.717, 1.165) is 5.69 Å². The Labute approximate surface area is 144 Å². The first-order chi connectivity index (χ1) is 11.2. The van der Waals surface area contributed by atoms with Gasteiger partial charge < -0.3 is 5.32 Å². The fourth-order valence-electron chi connectivity index (χ4n) is 2.99. The van der Waals surface area contributed by atoms with Crippen molar-refractivity contribution in [3.8, 4) is 0 Å². The van der Waals surface area contributed by atoms with Crippen LogP contribution in [0.5, 0.6) is 0 Å². The molecule has 2 saturated heterocycles. The highest BCUT2D eigenvalue weighted by Gasteiger charge is 2.55. The van der Waals surface area contributed by atoms with Crippen molar-refractivity contribution in [2.24, 2.45) is 0 Å². The molecule has 8 nitrogen and oxygen atoms in total. The summed E-state index contributed by atoms with van der Waals surface area (Å²) in [5, 5.41) is 4.74. The standard InChI is InChI=1S/C14H17ClN4O4S/c1-14(12(20)17-13(21)18-14)24(22,23)19-6-4-9(5-7-19)11-3-2-10(15)8-16-11/h2-3,8-9H,4-7H2,1H3,(H2,17,18,20,21)/t14-/m0/s1. The maximum Gasteiger partial charge on any atom is 0.323 e. The van der Waals surface area contributed by atoms with Crippen LogP contribution in [0.1, 0.15) is 31.4 Å². The summed E-state index contributed by atoms with van der Waals surface area (Å²) in [6.45, 7) is 1.72. The number of hydrogen-bond acceptors (Lipinski definition) is 5. The SMILES string of the molecule is C[C@@]1(S(=O)(=O)N2CCC(c3ccc(Cl)cn3)CC2)NC(=O)NC1=O. The number of piperidine rings is 1. The second-order valence-corrected chi connectivity index (χ2v) is 8.74. The second-order valence-electron chi connectivity index (χ2n) is 6.02. The van der Waals surface area contributed by atoms with Gasteiger partial charge in [0.05, 0.1) is 5.02 Å². The molecule has 0 bridgehead atoms. The molecule has 10 heteroatoms. The van der Waals surface area contributed by atoms with Crippen molar-refractivity contribution >= 4 is 33.6 Å². The summed E-state index contributed by atoms with van der Waals surface area (Å²) >= 11 is 5.82. The van der Waals surface area contributed by atoms with Crippen molar-refractivity contribution < 1.29 is 18.0 Å². The van der Waals surface area contributed by atoms with Crippen molar-refractivity contribution in [3.05, 3.63) is 29.0 Å². The average molecular weight is 373 g/mol. The highest BCUT2D eigenvalue weighted by molar-refractivity contribution is 7.91. The number of hydrogen-bond donors (Lipinski definition) is 2. The van der Waals surface area contributed by atoms with Crippen molar-refractivity contribution in [2.45, 2.75) is 30.6 Å². The molecule has 24 heavy (non-hydrogen) atoms. The number of urea groups is 1. The normalized spacial score (nSPS) is 26.2. The van der Waals surface area contributed by atoms with Gasteiger partial charge in [0.1, 0.15) is 0 Å². The molecule has 3 rings (SSSR count). The maximum absolute atomic E-state index is 12.8. The Morgan fingerprint density at radius 3 is 2.46 bits per heavy atom. The van der Waals surface area contributed by atoms with Gasteiger partial charge in [-0.1, -0.05) is 11.6 Å². The zero-order valence-corrected chi connectivity index (χ0v) is 14.5. The third-order valence-corrected chi connectivity index (χ3v) is 7.08. The molecule has 0 radical (unpaired) electrons. The summed E-state index contributed by atoms with van der Waals surface area (Å²) in [4.78, 5) is 25.5. The minimum atomic E-state index is -4.01. The molecule has 2 fully saturated rings. The van der Waals surface area contributed by atoms with Crippen LogP contribution in [0.4, 0.5) is 4.79 Å². The van der Waals surface area contributed by atoms with Crippen molar-refractivity contribution in [1.29, 1.82) is 0 Å². The number of imide groups is 1. The number of nitrogens with zero attached hydrogens (tertiary/aromatic N) is 2. The predicted octanol–water partition coefficient (Wildman–Crippen LogP) is 0.800. The van der Waals surface area contributed by atoms with Gasteiger partial charge in [0.25, 0.3) is 5.91 Å². The first-order valence-electron chi connectivity index (χ1n) is 7.49. The number of sulfonamides is 1. The quantitative estimate of drug-likeness (QED) is 0.763. The Kier molecular flexibility index (Phi) is 4.27. The van der Waals surface area contributed by atoms with Crippen LogP contribution in [-0.2, 0) is 14.8 Å². The fourth-order valence-corrected chi connectivity index (χ4v) is 4.81. The van der Waals surface area contributed by atoms with Gasteiger partial charge in [-0.3, -0.25) is 15.1 Å². The monoisotopic (exact) mass is 372 g/mol. The first-order valence-corrected chi connectivity index (χ1v) is 9.30. The van der Waals surface area contributed by atoms with E-state index in [-0.39, 0.29) is 19.0 Å². The molecular formula is C14H17ClN4O4S. The second kappa shape index (κ2) is 5.98. The highest BCUT2D eigenvalue weighted by atomic mass is 35.5. The third-order valence-electron chi connectivity index (χ3n) is 4.49. The molecule has 1 aromatic rings. The van der Waals surface area contributed by atoms with Crippen LogP contribution in [0.3, 0.4) is 0 Å². The molecule has 1 atom stereocenters. The number of amides is 3. The van der Waals surface area contributed by atoms with Gasteiger partial charge >= 0.3 is 6.03 Å². The Bertz CT molecular complexity index is 774. The topological polar surface area (TPSA) is 108 Å². The van der Waals surface area contributed by atoms with Gasteiger partial charge in [-0.15, -0.1) is 0 Å². The Morgan fingerprint density at radius 1 is 1.29 bits per heavy atom. The summed E-state index contributed by atoms with van der Waals surface area (Å²) in [6, 6.07) is 2.79. The van der Waals surface area contributed by atoms with E-state index in [9.17, 15) is 18.0 Å². The third kappa shape index (κ3) is 2.76. The van der Waals surface area contributed by atoms with Gasteiger partial charge in [-0.2, -0.15) is 4.31 Å². The van der Waals surface area contributed by atoms with Crippen LogP contribution in [0.25, 0.3) is 0 Å². The lowest BCUT2D eigenvalue weighted by Crippen LogP contribution is -2.58. The molecule has 3 amide bonds. The molecule has 2 aliphatic heterocycles. The van der Waals surface area contributed by atoms with Crippen LogP contribution in [0, 0.1) is 0 Å². The zero-order valence-electron chi connectivity index (χ0n) is 13.0. The van der Waals surface area contributed by atoms with E-state index in [1.807, 2.05) is 11.4 Å². The summed E-state index contributed by atoms with van der Waals surface area (Å²) in [6.07, 6.45) is 2.73. The van der Waals surface area contributed by atoms with Crippen LogP contribution in [-0.4, -0.2) is 47.6 Å². The van der Waals surface area contributed by atoms with Gasteiger partial charge in [-0.05, 0) is 31.9 Å². The Balaban J connectivity index is 1.73. The van der Waals surface area contributed by atoms with E-state index in [0.29, 0.717) is 17.9 Å². The summed E-state index contributed by atoms with van der Waals surface area (Å²) in [7, 11) is -4.01. The number of halogens is 1. The first kappa shape index (κ1) is 17.1. The van der Waals surface area contributed by atoms with Crippen LogP contribution < -0.4 is 10.6 Å². The lowest BCUT2D eigenvalue weighted by atomic mass is 9.94. The largest absolute Gasteiger partial charge is 0.323 e. The smallest absolute Gasteiger partial charge is 0.310 e. The molecule has 130 valence electrons. The van der Waals surface area contributed by atoms with Gasteiger partial charge in [0.2, 0.25) is 14.9 Å². The molecule has 0 unspecified atom stereocenters. The predicted molar refractivity (Wildman–Crippen MR) is 86.8 cm³/mol. The fraction of sp³-hybridized carbons (Fsp3) is 0.500. The molecule has 2 N–H and O–H groups in total. The highest BCUT2D eigenvalue weighted by Crippen LogP contribution is 2.31. The minimum Gasteiger partial charge on any atom is -0.310 e. The molecule has 0 spiro atoms. The summed E-state index contributed by atoms with van der Waals surface area (Å²) in [5.41, 5.74) is 0.870. The minimum absolute atomic E-state index is 0.133. The number of rotatable bonds is 3. The van der Waals surface area contributed by atoms with Gasteiger partial charge in [0, 0.05) is 30.9 Å². The van der Waals surface area contributed by atoms with Crippen LogP contribution in [0.2, 0.25) is 5.02 Å². The van der Waals surface area contributed by atoms with Crippen molar-refractivity contribution in [3.63, 3.8) is 0 Å². The van der Waals surface area contributed by atoms with E-state index in [1.165, 1.54) is 11.2 Å². The lowest BCUT2D eigenvalue weighted by molar-refractivity contribution is -0.121. The summed E-state index contributed by atoms with van der Waals surface area (Å²) in [5.74, 6) is -0.720. The summed E-state index contributed by atoms with van der Waals surface area (Å²) < 4.78 is 26.8. The number of carbonyl (C=O) groups is 2. The van der Waals surface area contributed by atoms with E-state index < -0.39 is 26.8 Å². The van der Waals surface area contributed by atoms with Crippen molar-refractivity contribution in [1.82, 2.24) is 19.9 Å². The van der Waals surface area contributed by atoms with Crippen molar-refractivity contribution in [2.75, 3.05) is 13.1 Å². The maximum atomic E-state index is 12.8. The lowest BCUT2D eigenvalue weighted by Gasteiger charge is -2.35. The molecular weight excluding hydrogens is 356 g/mol. The van der Waals surface area contributed by atoms with E-state index in [1.54, 1.807) is 12.3 Å². The average Bonchev–Trinajstić information content (AvgIpc) is 2.82. The molecule has 0 saturated carbocycles. The molecule has 3 heterocycles. The molecule has 2 aliphatic rings. The van der Waals surface area contributed by atoms with Gasteiger partial charge in [0.15, 0.2) is 0 Å². The van der Waals surface area contributed by atoms with Crippen LogP contribution in [0.15, 0.2) is 18.3 Å². The van der Waals surface area contributed by atoms with E-state index in [2.05, 4.69) is 10.3 Å². The number of pyridine rings is 1. The number of nitrogens with one attached hydrogen (secondary N) is 2. The van der Waals surface area contributed by atoms with Gasteiger partial charge in [-0.25, -0.2) is 13.2 Å². The molecule has 1 aromatic heterocycles.